The molecule has 0 aliphatic rings. The number of aromatic nitrogens is 3. The molecule has 26 heteroatoms. The van der Waals surface area contributed by atoms with E-state index in [1.165, 1.54) is 81.8 Å². The molecule has 0 fully saturated rings. The van der Waals surface area contributed by atoms with E-state index >= 15 is 0 Å². The van der Waals surface area contributed by atoms with E-state index in [0.29, 0.717) is 27.8 Å². The molecule has 87 heavy (non-hydrogen) atoms. The number of fused-ring (bicyclic) bond motifs is 1. The average Bonchev–Trinajstić information content (AvgIpc) is 3.14. The normalized spacial score (nSPS) is 14.8. The second kappa shape index (κ2) is 31.5. The molecule has 0 aliphatic carbocycles. The van der Waals surface area contributed by atoms with Crippen molar-refractivity contribution in [3.8, 4) is 11.5 Å². The van der Waals surface area contributed by atoms with E-state index in [-0.39, 0.29) is 43.6 Å². The van der Waals surface area contributed by atoms with Gasteiger partial charge in [-0.15, -0.1) is 0 Å². The van der Waals surface area contributed by atoms with Gasteiger partial charge in [0, 0.05) is 54.7 Å². The lowest BCUT2D eigenvalue weighted by Crippen LogP contribution is -2.63. The van der Waals surface area contributed by atoms with Gasteiger partial charge in [0.15, 0.2) is 0 Å². The van der Waals surface area contributed by atoms with Gasteiger partial charge in [-0.05, 0) is 77.8 Å². The van der Waals surface area contributed by atoms with Crippen molar-refractivity contribution in [1.82, 2.24) is 57.5 Å². The quantitative estimate of drug-likeness (QED) is 0.0268. The monoisotopic (exact) mass is 1200 g/mol. The van der Waals surface area contributed by atoms with Crippen molar-refractivity contribution in [3.05, 3.63) is 150 Å². The third-order valence-electron chi connectivity index (χ3n) is 14.4. The zero-order chi connectivity index (χ0) is 63.5. The van der Waals surface area contributed by atoms with Crippen LogP contribution < -0.4 is 48.3 Å². The number of phenolic OH excluding ortho intramolecular Hbond substituents is 2. The predicted octanol–water partition coefficient (Wildman–Crippen LogP) is -0.209. The number of nitrogens with zero attached hydrogens (tertiary/aromatic N) is 1. The number of benzene rings is 4. The Morgan fingerprint density at radius 3 is 1.43 bits per heavy atom. The number of hydrogen-bond acceptors (Lipinski definition) is 15. The summed E-state index contributed by atoms with van der Waals surface area (Å²) < 4.78 is 0. The Kier molecular flexibility index (Phi) is 24.0. The molecule has 6 aromatic rings. The highest BCUT2D eigenvalue weighted by Gasteiger charge is 2.37. The zero-order valence-corrected chi connectivity index (χ0v) is 48.7. The summed E-state index contributed by atoms with van der Waals surface area (Å²) in [6.07, 6.45) is 1.77. The Labute approximate surface area is 501 Å². The Hall–Kier alpha value is -9.66. The van der Waals surface area contributed by atoms with E-state index in [1.54, 1.807) is 50.4 Å². The number of carboxylic acid groups (broad SMARTS) is 1. The number of rotatable bonds is 31. The highest BCUT2D eigenvalue weighted by molar-refractivity contribution is 5.99. The number of aromatic hydroxyl groups is 2. The van der Waals surface area contributed by atoms with Crippen LogP contribution in [0.4, 0.5) is 0 Å². The number of H-pyrrole nitrogens is 2. The number of aromatic amines is 2. The van der Waals surface area contributed by atoms with Gasteiger partial charge in [-0.25, -0.2) is 9.78 Å². The minimum atomic E-state index is -1.81. The van der Waals surface area contributed by atoms with E-state index in [2.05, 4.69) is 57.5 Å². The number of nitrogens with one attached hydrogen (secondary N) is 10. The van der Waals surface area contributed by atoms with Crippen molar-refractivity contribution < 1.29 is 68.7 Å². The van der Waals surface area contributed by atoms with Crippen LogP contribution >= 0.6 is 0 Å². The SMILES string of the molecule is CC(C)[C@H](NC(=O)[C@H](CO)NC(=O)[C@H](Cc1ccc(O)cc1)NC(=O)[C@H](Cc1ccc(O)cc1)NC(=O)[C@H](Cc1cnc[nH]1)NC(=O)[C@@H](NC(=O)[C@H](Cc1c[nH]c2ccccc12)NC(=O)[C@@H](NC(=O)[C@@H](N)Cc1ccccc1)C(C)C)[C@@H](C)O)C(=O)O. The molecule has 0 saturated heterocycles. The van der Waals surface area contributed by atoms with Gasteiger partial charge in [-0.1, -0.05) is 100 Å². The number of carbonyl (C=O) groups excluding carboxylic acids is 8. The summed E-state index contributed by atoms with van der Waals surface area (Å²) in [5.41, 5.74) is 9.47. The number of hydrogen-bond donors (Lipinski definition) is 16. The Morgan fingerprint density at radius 1 is 0.483 bits per heavy atom. The maximum Gasteiger partial charge on any atom is 0.326 e. The number of nitrogens with two attached hydrogens (primary N) is 1. The number of carbonyl (C=O) groups is 9. The van der Waals surface area contributed by atoms with Crippen molar-refractivity contribution in [2.24, 2.45) is 17.6 Å². The van der Waals surface area contributed by atoms with Crippen LogP contribution in [-0.2, 0) is 75.3 Å². The summed E-state index contributed by atoms with van der Waals surface area (Å²) in [6, 6.07) is 14.0. The highest BCUT2D eigenvalue weighted by Crippen LogP contribution is 2.21. The van der Waals surface area contributed by atoms with Gasteiger partial charge in [-0.2, -0.15) is 0 Å². The summed E-state index contributed by atoms with van der Waals surface area (Å²) in [5.74, 6) is -10.2. The first-order chi connectivity index (χ1) is 41.4. The molecule has 0 aliphatic heterocycles. The summed E-state index contributed by atoms with van der Waals surface area (Å²) in [6.45, 7) is 6.68. The molecule has 8 amide bonds. The van der Waals surface area contributed by atoms with Gasteiger partial charge < -0.3 is 83.8 Å². The fourth-order valence-corrected chi connectivity index (χ4v) is 9.43. The Morgan fingerprint density at radius 2 is 0.920 bits per heavy atom. The van der Waals surface area contributed by atoms with Gasteiger partial charge in [-0.3, -0.25) is 38.4 Å². The number of imidazole rings is 1. The van der Waals surface area contributed by atoms with E-state index in [0.717, 1.165) is 11.1 Å². The molecule has 464 valence electrons. The lowest BCUT2D eigenvalue weighted by molar-refractivity contribution is -0.144. The second-order valence-electron chi connectivity index (χ2n) is 21.9. The van der Waals surface area contributed by atoms with E-state index in [1.807, 2.05) is 24.3 Å². The van der Waals surface area contributed by atoms with E-state index in [9.17, 15) is 68.7 Å². The first kappa shape index (κ1) is 66.5. The minimum Gasteiger partial charge on any atom is -0.508 e. The molecule has 6 rings (SSSR count). The number of aliphatic hydroxyl groups is 2. The highest BCUT2D eigenvalue weighted by atomic mass is 16.4. The Balaban J connectivity index is 1.26. The number of aliphatic carboxylic acids is 1. The maximum absolute atomic E-state index is 14.8. The van der Waals surface area contributed by atoms with E-state index in [4.69, 9.17) is 5.73 Å². The van der Waals surface area contributed by atoms with E-state index < -0.39 is 132 Å². The second-order valence-corrected chi connectivity index (χ2v) is 21.9. The molecule has 0 spiro atoms. The molecular weight excluding hydrogens is 1120 g/mol. The van der Waals surface area contributed by atoms with Crippen molar-refractivity contribution in [2.45, 2.75) is 127 Å². The predicted molar refractivity (Wildman–Crippen MR) is 318 cm³/mol. The lowest BCUT2D eigenvalue weighted by Gasteiger charge is -2.29. The van der Waals surface area contributed by atoms with Crippen LogP contribution in [0.25, 0.3) is 10.9 Å². The maximum atomic E-state index is 14.8. The fourth-order valence-electron chi connectivity index (χ4n) is 9.43. The molecule has 0 radical (unpaired) electrons. The Bertz CT molecular complexity index is 3300. The molecule has 4 aromatic carbocycles. The van der Waals surface area contributed by atoms with Crippen LogP contribution in [0.5, 0.6) is 11.5 Å². The topological polar surface area (TPSA) is 422 Å². The first-order valence-electron chi connectivity index (χ1n) is 28.2. The molecule has 17 N–H and O–H groups in total. The fraction of sp³-hybridized carbons (Fsp3) is 0.377. The number of amides is 8. The zero-order valence-electron chi connectivity index (χ0n) is 48.7. The molecule has 0 unspecified atom stereocenters. The molecule has 2 aromatic heterocycles. The van der Waals surface area contributed by atoms with Gasteiger partial charge in [0.25, 0.3) is 0 Å². The average molecular weight is 1200 g/mol. The standard InChI is InChI=1S/C61H76N12O14/c1-32(2)50(71-53(78)43(62)23-35-11-7-6-8-12-35)59(84)68-47(26-38-28-64-44-14-10-9-13-42(38)44)57(82)73-52(34(5)75)60(85)69-48(27-39-29-63-31-65-39)56(81)67-45(24-36-15-19-40(76)20-16-36)54(79)66-46(25-37-17-21-41(77)22-18-37)55(80)70-49(30-74)58(83)72-51(33(3)4)61(86)87/h6-22,28-29,31-34,43,45-52,64,74-77H,23-27,30,62H2,1-5H3,(H,63,65)(H,66,79)(H,67,81)(H,68,84)(H,69,85)(H,70,80)(H,71,78)(H,72,83)(H,73,82)(H,86,87)/t34-,43+,45+,46+,47+,48+,49+,50+,51+,52+/m1/s1. The molecule has 10 atom stereocenters. The number of phenols is 2. The van der Waals surface area contributed by atoms with Crippen LogP contribution in [0.2, 0.25) is 0 Å². The van der Waals surface area contributed by atoms with Crippen LogP contribution in [0, 0.1) is 11.8 Å². The van der Waals surface area contributed by atoms with Crippen molar-refractivity contribution >= 4 is 64.1 Å². The summed E-state index contributed by atoms with van der Waals surface area (Å²) >= 11 is 0. The molecule has 0 saturated carbocycles. The van der Waals surface area contributed by atoms with Crippen molar-refractivity contribution in [2.75, 3.05) is 6.61 Å². The molecular formula is C61H76N12O14. The minimum absolute atomic E-state index is 0.121. The third kappa shape index (κ3) is 19.4. The largest absolute Gasteiger partial charge is 0.508 e. The lowest BCUT2D eigenvalue weighted by atomic mass is 9.99. The summed E-state index contributed by atoms with van der Waals surface area (Å²) in [7, 11) is 0. The molecule has 2 heterocycles. The van der Waals surface area contributed by atoms with Crippen LogP contribution in [0.15, 0.2) is 122 Å². The molecule has 26 nitrogen and oxygen atoms in total. The summed E-state index contributed by atoms with van der Waals surface area (Å²) in [4.78, 5) is 136. The number of para-hydroxylation sites is 1. The first-order valence-corrected chi connectivity index (χ1v) is 28.2. The van der Waals surface area contributed by atoms with Crippen LogP contribution in [0.1, 0.15) is 62.6 Å². The molecule has 0 bridgehead atoms. The summed E-state index contributed by atoms with van der Waals surface area (Å²) in [5, 5.41) is 72.5. The van der Waals surface area contributed by atoms with Crippen molar-refractivity contribution in [1.29, 1.82) is 0 Å². The van der Waals surface area contributed by atoms with Gasteiger partial charge in [0.1, 0.15) is 59.8 Å². The number of aliphatic hydroxyl groups excluding tert-OH is 2. The number of carboxylic acids is 1. The van der Waals surface area contributed by atoms with Crippen LogP contribution in [0.3, 0.4) is 0 Å². The van der Waals surface area contributed by atoms with Crippen LogP contribution in [-0.4, -0.2) is 161 Å². The third-order valence-corrected chi connectivity index (χ3v) is 14.4. The van der Waals surface area contributed by atoms with Gasteiger partial charge >= 0.3 is 5.97 Å². The smallest absolute Gasteiger partial charge is 0.326 e. The van der Waals surface area contributed by atoms with Gasteiger partial charge in [0.05, 0.1) is 25.1 Å². The van der Waals surface area contributed by atoms with Crippen molar-refractivity contribution in [3.63, 3.8) is 0 Å². The van der Waals surface area contributed by atoms with Gasteiger partial charge in [0.2, 0.25) is 47.3 Å².